The third-order valence-electron chi connectivity index (χ3n) is 4.75. The molecule has 1 aliphatic rings. The van der Waals surface area contributed by atoms with Crippen molar-refractivity contribution in [2.75, 3.05) is 0 Å². The molecule has 1 fully saturated rings. The second-order valence-corrected chi connectivity index (χ2v) is 6.68. The van der Waals surface area contributed by atoms with Crippen LogP contribution < -0.4 is 0 Å². The highest BCUT2D eigenvalue weighted by Gasteiger charge is 2.27. The van der Waals surface area contributed by atoms with Gasteiger partial charge in [-0.05, 0) is 61.3 Å². The lowest BCUT2D eigenvalue weighted by Crippen LogP contribution is -2.24. The molecular weight excluding hydrogens is 216 g/mol. The summed E-state index contributed by atoms with van der Waals surface area (Å²) in [7, 11) is 0. The first-order valence-corrected chi connectivity index (χ1v) is 7.69. The summed E-state index contributed by atoms with van der Waals surface area (Å²) in [6, 6.07) is 10.9. The Bertz CT molecular complexity index is 330. The number of hydrogen-bond donors (Lipinski definition) is 0. The lowest BCUT2D eigenvalue weighted by Gasteiger charge is -2.35. The number of hydrogen-bond acceptors (Lipinski definition) is 0. The van der Waals surface area contributed by atoms with Crippen molar-refractivity contribution in [1.29, 1.82) is 0 Å². The monoisotopic (exact) mass is 244 g/mol. The topological polar surface area (TPSA) is 0 Å². The Morgan fingerprint density at radius 2 is 1.61 bits per heavy atom. The van der Waals surface area contributed by atoms with E-state index in [-0.39, 0.29) is 0 Å². The van der Waals surface area contributed by atoms with Crippen LogP contribution in [-0.4, -0.2) is 0 Å². The predicted molar refractivity (Wildman–Crippen MR) is 79.6 cm³/mol. The molecule has 1 aromatic carbocycles. The van der Waals surface area contributed by atoms with Crippen molar-refractivity contribution >= 4 is 0 Å². The van der Waals surface area contributed by atoms with E-state index in [2.05, 4.69) is 51.1 Å². The highest BCUT2D eigenvalue weighted by Crippen LogP contribution is 2.38. The zero-order valence-corrected chi connectivity index (χ0v) is 12.2. The van der Waals surface area contributed by atoms with Gasteiger partial charge in [-0.25, -0.2) is 0 Å². The predicted octanol–water partition coefficient (Wildman–Crippen LogP) is 5.33. The molecule has 0 N–H and O–H groups in total. The summed E-state index contributed by atoms with van der Waals surface area (Å²) in [4.78, 5) is 0. The summed E-state index contributed by atoms with van der Waals surface area (Å²) in [5.74, 6) is 3.73. The van der Waals surface area contributed by atoms with Crippen molar-refractivity contribution in [3.05, 3.63) is 35.9 Å². The highest BCUT2D eigenvalue weighted by molar-refractivity contribution is 5.14. The summed E-state index contributed by atoms with van der Waals surface area (Å²) in [5.41, 5.74) is 1.50. The van der Waals surface area contributed by atoms with Gasteiger partial charge in [0, 0.05) is 0 Å². The molecule has 0 aromatic heterocycles. The SMILES string of the molecule is CC1CC(C)CC(C(C)CCc2ccccc2)C1. The first-order chi connectivity index (χ1) is 8.65. The van der Waals surface area contributed by atoms with Crippen LogP contribution in [0.2, 0.25) is 0 Å². The molecule has 0 bridgehead atoms. The Balaban J connectivity index is 1.82. The molecule has 0 aliphatic heterocycles. The van der Waals surface area contributed by atoms with Crippen LogP contribution in [0.1, 0.15) is 52.0 Å². The second kappa shape index (κ2) is 6.41. The van der Waals surface area contributed by atoms with E-state index in [0.29, 0.717) is 0 Å². The average molecular weight is 244 g/mol. The molecule has 100 valence electrons. The Labute approximate surface area is 113 Å². The van der Waals surface area contributed by atoms with Gasteiger partial charge in [-0.1, -0.05) is 51.1 Å². The van der Waals surface area contributed by atoms with Crippen LogP contribution in [0.3, 0.4) is 0 Å². The van der Waals surface area contributed by atoms with Gasteiger partial charge in [0.1, 0.15) is 0 Å². The molecule has 0 radical (unpaired) electrons. The van der Waals surface area contributed by atoms with E-state index in [4.69, 9.17) is 0 Å². The molecule has 2 rings (SSSR count). The maximum Gasteiger partial charge on any atom is -0.0276 e. The van der Waals surface area contributed by atoms with E-state index in [1.54, 1.807) is 0 Å². The van der Waals surface area contributed by atoms with Gasteiger partial charge < -0.3 is 0 Å². The zero-order chi connectivity index (χ0) is 13.0. The van der Waals surface area contributed by atoms with Crippen molar-refractivity contribution in [2.24, 2.45) is 23.7 Å². The summed E-state index contributed by atoms with van der Waals surface area (Å²) in [6.45, 7) is 7.34. The smallest absolute Gasteiger partial charge is 0.0276 e. The molecule has 3 unspecified atom stereocenters. The number of aryl methyl sites for hydroxylation is 1. The summed E-state index contributed by atoms with van der Waals surface area (Å²) >= 11 is 0. The summed E-state index contributed by atoms with van der Waals surface area (Å²) in [6.07, 6.45) is 6.97. The molecule has 18 heavy (non-hydrogen) atoms. The molecule has 0 heterocycles. The molecule has 3 atom stereocenters. The van der Waals surface area contributed by atoms with Crippen LogP contribution in [0.4, 0.5) is 0 Å². The quantitative estimate of drug-likeness (QED) is 0.671. The minimum absolute atomic E-state index is 0.885. The average Bonchev–Trinajstić information content (AvgIpc) is 2.36. The Morgan fingerprint density at radius 1 is 1.00 bits per heavy atom. The van der Waals surface area contributed by atoms with Gasteiger partial charge in [0.05, 0.1) is 0 Å². The van der Waals surface area contributed by atoms with Crippen LogP contribution >= 0.6 is 0 Å². The van der Waals surface area contributed by atoms with Gasteiger partial charge in [0.15, 0.2) is 0 Å². The molecule has 0 heteroatoms. The molecule has 0 spiro atoms. The fourth-order valence-electron chi connectivity index (χ4n) is 3.75. The van der Waals surface area contributed by atoms with Crippen molar-refractivity contribution in [2.45, 2.75) is 52.9 Å². The van der Waals surface area contributed by atoms with E-state index in [0.717, 1.165) is 23.7 Å². The summed E-state index contributed by atoms with van der Waals surface area (Å²) in [5, 5.41) is 0. The molecule has 1 saturated carbocycles. The second-order valence-electron chi connectivity index (χ2n) is 6.68. The highest BCUT2D eigenvalue weighted by atomic mass is 14.3. The van der Waals surface area contributed by atoms with Crippen LogP contribution in [0.5, 0.6) is 0 Å². The van der Waals surface area contributed by atoms with Gasteiger partial charge in [0.2, 0.25) is 0 Å². The maximum atomic E-state index is 2.47. The van der Waals surface area contributed by atoms with Crippen LogP contribution in [-0.2, 0) is 6.42 Å². The molecule has 1 aromatic rings. The standard InChI is InChI=1S/C18H28/c1-14-11-15(2)13-18(12-14)16(3)9-10-17-7-5-4-6-8-17/h4-8,14-16,18H,9-13H2,1-3H3. The van der Waals surface area contributed by atoms with Crippen molar-refractivity contribution < 1.29 is 0 Å². The van der Waals surface area contributed by atoms with Crippen LogP contribution in [0, 0.1) is 23.7 Å². The molecular formula is C18H28. The molecule has 0 amide bonds. The molecule has 0 saturated heterocycles. The van der Waals surface area contributed by atoms with Crippen molar-refractivity contribution in [3.8, 4) is 0 Å². The van der Waals surface area contributed by atoms with E-state index in [9.17, 15) is 0 Å². The molecule has 1 aliphatic carbocycles. The Hall–Kier alpha value is -0.780. The first-order valence-electron chi connectivity index (χ1n) is 7.69. The van der Waals surface area contributed by atoms with Gasteiger partial charge in [0.25, 0.3) is 0 Å². The fraction of sp³-hybridized carbons (Fsp3) is 0.667. The van der Waals surface area contributed by atoms with Gasteiger partial charge in [-0.2, -0.15) is 0 Å². The normalized spacial score (nSPS) is 30.1. The van der Waals surface area contributed by atoms with Crippen molar-refractivity contribution in [1.82, 2.24) is 0 Å². The van der Waals surface area contributed by atoms with Gasteiger partial charge in [-0.15, -0.1) is 0 Å². The first kappa shape index (κ1) is 13.6. The lowest BCUT2D eigenvalue weighted by atomic mass is 9.71. The lowest BCUT2D eigenvalue weighted by molar-refractivity contribution is 0.163. The zero-order valence-electron chi connectivity index (χ0n) is 12.2. The van der Waals surface area contributed by atoms with Crippen LogP contribution in [0.25, 0.3) is 0 Å². The Morgan fingerprint density at radius 3 is 2.22 bits per heavy atom. The Kier molecular flexibility index (Phi) is 4.86. The minimum Gasteiger partial charge on any atom is -0.0625 e. The number of rotatable bonds is 4. The van der Waals surface area contributed by atoms with Gasteiger partial charge in [-0.3, -0.25) is 0 Å². The fourth-order valence-corrected chi connectivity index (χ4v) is 3.75. The van der Waals surface area contributed by atoms with E-state index >= 15 is 0 Å². The summed E-state index contributed by atoms with van der Waals surface area (Å²) < 4.78 is 0. The molecule has 0 nitrogen and oxygen atoms in total. The maximum absolute atomic E-state index is 2.47. The largest absolute Gasteiger partial charge is 0.0625 e. The third kappa shape index (κ3) is 3.86. The third-order valence-corrected chi connectivity index (χ3v) is 4.75. The van der Waals surface area contributed by atoms with Gasteiger partial charge >= 0.3 is 0 Å². The van der Waals surface area contributed by atoms with E-state index < -0.39 is 0 Å². The van der Waals surface area contributed by atoms with E-state index in [1.165, 1.54) is 37.7 Å². The van der Waals surface area contributed by atoms with Crippen molar-refractivity contribution in [3.63, 3.8) is 0 Å². The van der Waals surface area contributed by atoms with Crippen LogP contribution in [0.15, 0.2) is 30.3 Å². The minimum atomic E-state index is 0.885. The van der Waals surface area contributed by atoms with E-state index in [1.807, 2.05) is 0 Å². The number of benzene rings is 1.